The Balaban J connectivity index is 1.94. The smallest absolute Gasteiger partial charge is 0.222 e. The topological polar surface area (TPSA) is 59.8 Å². The van der Waals surface area contributed by atoms with Gasteiger partial charge in [-0.2, -0.15) is 5.10 Å². The SMILES string of the molecule is C=CCOC[C@H](O)CN(Cc1c(-c2ccccc2)nn(C)c1Oc1ccc(F)cc1)CC(C)C. The number of aromatic nitrogens is 2. The highest BCUT2D eigenvalue weighted by Gasteiger charge is 2.24. The highest BCUT2D eigenvalue weighted by atomic mass is 19.1. The lowest BCUT2D eigenvalue weighted by molar-refractivity contribution is 0.0222. The second-order valence-electron chi connectivity index (χ2n) is 8.75. The third-order valence-electron chi connectivity index (χ3n) is 5.18. The Kier molecular flexibility index (Phi) is 9.39. The van der Waals surface area contributed by atoms with Crippen molar-refractivity contribution >= 4 is 0 Å². The van der Waals surface area contributed by atoms with Crippen LogP contribution in [0, 0.1) is 11.7 Å². The molecule has 0 aliphatic carbocycles. The van der Waals surface area contributed by atoms with Crippen molar-refractivity contribution in [3.05, 3.63) is 78.6 Å². The van der Waals surface area contributed by atoms with E-state index >= 15 is 0 Å². The quantitative estimate of drug-likeness (QED) is 0.282. The van der Waals surface area contributed by atoms with E-state index in [2.05, 4.69) is 25.3 Å². The van der Waals surface area contributed by atoms with Crippen molar-refractivity contribution < 1.29 is 19.0 Å². The lowest BCUT2D eigenvalue weighted by Crippen LogP contribution is -2.37. The zero-order valence-corrected chi connectivity index (χ0v) is 20.2. The van der Waals surface area contributed by atoms with E-state index in [1.807, 2.05) is 37.4 Å². The van der Waals surface area contributed by atoms with E-state index in [-0.39, 0.29) is 12.4 Å². The first-order valence-electron chi connectivity index (χ1n) is 11.5. The zero-order chi connectivity index (χ0) is 24.5. The molecule has 0 radical (unpaired) electrons. The molecule has 1 atom stereocenters. The van der Waals surface area contributed by atoms with Gasteiger partial charge in [-0.3, -0.25) is 4.90 Å². The van der Waals surface area contributed by atoms with Crippen LogP contribution in [-0.2, 0) is 18.3 Å². The van der Waals surface area contributed by atoms with Crippen LogP contribution in [-0.4, -0.2) is 52.2 Å². The maximum atomic E-state index is 13.4. The fourth-order valence-electron chi connectivity index (χ4n) is 3.85. The lowest BCUT2D eigenvalue weighted by atomic mass is 10.1. The first-order chi connectivity index (χ1) is 16.4. The van der Waals surface area contributed by atoms with E-state index in [1.54, 1.807) is 22.9 Å². The zero-order valence-electron chi connectivity index (χ0n) is 20.2. The predicted octanol–water partition coefficient (Wildman–Crippen LogP) is 5.04. The number of ether oxygens (including phenoxy) is 2. The summed E-state index contributed by atoms with van der Waals surface area (Å²) < 4.78 is 26.8. The molecule has 0 saturated heterocycles. The average Bonchev–Trinajstić information content (AvgIpc) is 3.10. The molecule has 1 N–H and O–H groups in total. The molecule has 1 heterocycles. The minimum Gasteiger partial charge on any atom is -0.439 e. The van der Waals surface area contributed by atoms with E-state index in [0.717, 1.165) is 23.4 Å². The maximum Gasteiger partial charge on any atom is 0.222 e. The van der Waals surface area contributed by atoms with Crippen LogP contribution >= 0.6 is 0 Å². The molecular weight excluding hydrogens is 433 g/mol. The summed E-state index contributed by atoms with van der Waals surface area (Å²) in [6.07, 6.45) is 1.02. The van der Waals surface area contributed by atoms with Crippen molar-refractivity contribution in [1.82, 2.24) is 14.7 Å². The molecule has 34 heavy (non-hydrogen) atoms. The molecule has 3 aromatic rings. The van der Waals surface area contributed by atoms with E-state index in [0.29, 0.717) is 37.2 Å². The molecule has 3 rings (SSSR count). The van der Waals surface area contributed by atoms with Crippen LogP contribution in [0.3, 0.4) is 0 Å². The van der Waals surface area contributed by atoms with Gasteiger partial charge in [-0.1, -0.05) is 50.3 Å². The van der Waals surface area contributed by atoms with Gasteiger partial charge in [-0.15, -0.1) is 6.58 Å². The van der Waals surface area contributed by atoms with Gasteiger partial charge in [0.1, 0.15) is 17.3 Å². The number of aliphatic hydroxyl groups excluding tert-OH is 1. The van der Waals surface area contributed by atoms with E-state index in [4.69, 9.17) is 14.6 Å². The fraction of sp³-hybridized carbons (Fsp3) is 0.370. The molecule has 0 aliphatic rings. The van der Waals surface area contributed by atoms with Crippen LogP contribution in [0.2, 0.25) is 0 Å². The summed E-state index contributed by atoms with van der Waals surface area (Å²) in [4.78, 5) is 2.19. The second-order valence-corrected chi connectivity index (χ2v) is 8.75. The van der Waals surface area contributed by atoms with Gasteiger partial charge < -0.3 is 14.6 Å². The summed E-state index contributed by atoms with van der Waals surface area (Å²) in [5.74, 6) is 1.17. The Morgan fingerprint density at radius 3 is 2.47 bits per heavy atom. The highest BCUT2D eigenvalue weighted by Crippen LogP contribution is 2.34. The molecule has 182 valence electrons. The Morgan fingerprint density at radius 1 is 1.12 bits per heavy atom. The Morgan fingerprint density at radius 2 is 1.82 bits per heavy atom. The molecule has 2 aromatic carbocycles. The summed E-state index contributed by atoms with van der Waals surface area (Å²) in [7, 11) is 1.83. The van der Waals surface area contributed by atoms with Crippen molar-refractivity contribution in [1.29, 1.82) is 0 Å². The Bertz CT molecular complexity index is 1040. The van der Waals surface area contributed by atoms with Gasteiger partial charge in [-0.25, -0.2) is 9.07 Å². The third-order valence-corrected chi connectivity index (χ3v) is 5.18. The monoisotopic (exact) mass is 467 g/mol. The van der Waals surface area contributed by atoms with Crippen LogP contribution < -0.4 is 4.74 Å². The molecule has 0 spiro atoms. The summed E-state index contributed by atoms with van der Waals surface area (Å²) in [6.45, 7) is 10.3. The largest absolute Gasteiger partial charge is 0.439 e. The van der Waals surface area contributed by atoms with E-state index in [9.17, 15) is 9.50 Å². The predicted molar refractivity (Wildman–Crippen MR) is 132 cm³/mol. The third kappa shape index (κ3) is 7.25. The number of nitrogens with zero attached hydrogens (tertiary/aromatic N) is 3. The average molecular weight is 468 g/mol. The summed E-state index contributed by atoms with van der Waals surface area (Å²) in [5.41, 5.74) is 2.69. The standard InChI is InChI=1S/C27H34FN3O3/c1-5-15-33-19-23(32)17-31(16-20(2)3)18-25-26(21-9-7-6-8-10-21)29-30(4)27(25)34-24-13-11-22(28)12-14-24/h5-14,20,23,32H,1,15-19H2,2-4H3/t23-/m1/s1. The van der Waals surface area contributed by atoms with Crippen molar-refractivity contribution in [2.45, 2.75) is 26.5 Å². The van der Waals surface area contributed by atoms with Crippen molar-refractivity contribution in [3.8, 4) is 22.9 Å². The van der Waals surface area contributed by atoms with E-state index in [1.165, 1.54) is 12.1 Å². The highest BCUT2D eigenvalue weighted by molar-refractivity contribution is 5.65. The molecule has 6 nitrogen and oxygen atoms in total. The van der Waals surface area contributed by atoms with Crippen LogP contribution in [0.15, 0.2) is 67.3 Å². The number of hydrogen-bond acceptors (Lipinski definition) is 5. The number of rotatable bonds is 13. The molecule has 7 heteroatoms. The molecule has 0 aliphatic heterocycles. The van der Waals surface area contributed by atoms with Crippen LogP contribution in [0.5, 0.6) is 11.6 Å². The summed E-state index contributed by atoms with van der Waals surface area (Å²) >= 11 is 0. The number of aliphatic hydroxyl groups is 1. The number of halogens is 1. The minimum atomic E-state index is -0.642. The Hall–Kier alpha value is -3.00. The minimum absolute atomic E-state index is 0.234. The maximum absolute atomic E-state index is 13.4. The van der Waals surface area contributed by atoms with Gasteiger partial charge in [0.05, 0.1) is 24.9 Å². The van der Waals surface area contributed by atoms with Gasteiger partial charge in [0, 0.05) is 32.2 Å². The fourth-order valence-corrected chi connectivity index (χ4v) is 3.85. The van der Waals surface area contributed by atoms with E-state index < -0.39 is 6.10 Å². The molecule has 0 bridgehead atoms. The molecular formula is C27H34FN3O3. The molecule has 0 saturated carbocycles. The number of benzene rings is 2. The van der Waals surface area contributed by atoms with Gasteiger partial charge in [0.2, 0.25) is 5.88 Å². The van der Waals surface area contributed by atoms with Gasteiger partial charge in [0.15, 0.2) is 0 Å². The molecule has 0 fully saturated rings. The van der Waals surface area contributed by atoms with Crippen LogP contribution in [0.4, 0.5) is 4.39 Å². The van der Waals surface area contributed by atoms with Crippen molar-refractivity contribution in [2.24, 2.45) is 13.0 Å². The van der Waals surface area contributed by atoms with Crippen LogP contribution in [0.1, 0.15) is 19.4 Å². The molecule has 0 unspecified atom stereocenters. The first-order valence-corrected chi connectivity index (χ1v) is 11.5. The Labute approximate surface area is 201 Å². The lowest BCUT2D eigenvalue weighted by Gasteiger charge is -2.27. The second kappa shape index (κ2) is 12.5. The molecule has 1 aromatic heterocycles. The van der Waals surface area contributed by atoms with Crippen molar-refractivity contribution in [3.63, 3.8) is 0 Å². The van der Waals surface area contributed by atoms with Gasteiger partial charge in [-0.05, 0) is 30.2 Å². The first kappa shape index (κ1) is 25.6. The number of aryl methyl sites for hydroxylation is 1. The van der Waals surface area contributed by atoms with Gasteiger partial charge >= 0.3 is 0 Å². The normalized spacial score (nSPS) is 12.3. The number of hydrogen-bond donors (Lipinski definition) is 1. The summed E-state index contributed by atoms with van der Waals surface area (Å²) in [6, 6.07) is 15.9. The van der Waals surface area contributed by atoms with Crippen molar-refractivity contribution in [2.75, 3.05) is 26.3 Å². The molecule has 0 amide bonds. The van der Waals surface area contributed by atoms with Crippen LogP contribution in [0.25, 0.3) is 11.3 Å². The summed E-state index contributed by atoms with van der Waals surface area (Å²) in [5, 5.41) is 15.3. The van der Waals surface area contributed by atoms with Gasteiger partial charge in [0.25, 0.3) is 0 Å².